The molecule has 5 rings (SSSR count). The van der Waals surface area contributed by atoms with Crippen molar-refractivity contribution in [1.29, 1.82) is 5.41 Å². The maximum Gasteiger partial charge on any atom is 0.291 e. The minimum absolute atomic E-state index is 0.0134. The summed E-state index contributed by atoms with van der Waals surface area (Å²) in [6.07, 6.45) is -1.36. The summed E-state index contributed by atoms with van der Waals surface area (Å²) < 4.78 is 25.6. The van der Waals surface area contributed by atoms with Crippen molar-refractivity contribution in [3.05, 3.63) is 95.3 Å². The monoisotopic (exact) mass is 500 g/mol. The number of hydrogen-bond acceptors (Lipinski definition) is 7. The first kappa shape index (κ1) is 24.1. The van der Waals surface area contributed by atoms with Crippen molar-refractivity contribution >= 4 is 34.9 Å². The van der Waals surface area contributed by atoms with Crippen LogP contribution >= 0.6 is 0 Å². The number of hydrogen-bond donors (Lipinski definition) is 3. The molecule has 1 amide bonds. The molecule has 0 radical (unpaired) electrons. The number of benzene rings is 3. The highest BCUT2D eigenvalue weighted by molar-refractivity contribution is 6.19. The van der Waals surface area contributed by atoms with Crippen molar-refractivity contribution in [2.24, 2.45) is 15.7 Å². The van der Waals surface area contributed by atoms with Gasteiger partial charge in [-0.15, -0.1) is 0 Å². The van der Waals surface area contributed by atoms with E-state index < -0.39 is 23.9 Å². The average Bonchev–Trinajstić information content (AvgIpc) is 3.06. The van der Waals surface area contributed by atoms with Gasteiger partial charge in [-0.05, 0) is 18.2 Å². The summed E-state index contributed by atoms with van der Waals surface area (Å²) in [5.41, 5.74) is 8.86. The Morgan fingerprint density at radius 3 is 2.59 bits per heavy atom. The van der Waals surface area contributed by atoms with Crippen LogP contribution in [0.25, 0.3) is 0 Å². The molecular weight excluding hydrogens is 475 g/mol. The highest BCUT2D eigenvalue weighted by atomic mass is 19.1. The third kappa shape index (κ3) is 5.19. The number of para-hydroxylation sites is 2. The lowest BCUT2D eigenvalue weighted by atomic mass is 10.0. The smallest absolute Gasteiger partial charge is 0.291 e. The van der Waals surface area contributed by atoms with Gasteiger partial charge >= 0.3 is 0 Å². The van der Waals surface area contributed by atoms with Crippen LogP contribution in [0.15, 0.2) is 82.8 Å². The molecule has 0 bridgehead atoms. The highest BCUT2D eigenvalue weighted by Crippen LogP contribution is 2.27. The molecule has 1 atom stereocenters. The minimum atomic E-state index is -1.36. The number of aliphatic imine (C=N–C) groups is 2. The normalized spacial score (nSPS) is 17.8. The molecule has 0 spiro atoms. The fourth-order valence-corrected chi connectivity index (χ4v) is 4.25. The number of carbonyl (C=O) groups excluding carboxylic acids is 1. The third-order valence-corrected chi connectivity index (χ3v) is 6.01. The predicted octanol–water partition coefficient (Wildman–Crippen LogP) is 3.13. The molecule has 2 aliphatic heterocycles. The summed E-state index contributed by atoms with van der Waals surface area (Å²) in [7, 11) is 0. The topological polar surface area (TPSA) is 125 Å². The fraction of sp³-hybridized carbons (Fsp3) is 0.185. The van der Waals surface area contributed by atoms with Gasteiger partial charge in [0, 0.05) is 29.9 Å². The summed E-state index contributed by atoms with van der Waals surface area (Å²) in [5.74, 6) is -1.49. The summed E-state index contributed by atoms with van der Waals surface area (Å²) in [6, 6.07) is 20.5. The summed E-state index contributed by atoms with van der Waals surface area (Å²) in [5, 5.41) is 11.1. The van der Waals surface area contributed by atoms with E-state index in [1.54, 1.807) is 24.3 Å². The van der Waals surface area contributed by atoms with Gasteiger partial charge in [0.15, 0.2) is 0 Å². The Morgan fingerprint density at radius 1 is 1.08 bits per heavy atom. The molecule has 4 N–H and O–H groups in total. The lowest BCUT2D eigenvalue weighted by molar-refractivity contribution is -0.117. The molecule has 188 valence electrons. The second-order valence-corrected chi connectivity index (χ2v) is 8.38. The zero-order chi connectivity index (χ0) is 25.8. The third-order valence-electron chi connectivity index (χ3n) is 6.01. The lowest BCUT2D eigenvalue weighted by Gasteiger charge is -2.30. The number of carbonyl (C=O) groups is 1. The molecule has 10 heteroatoms. The Labute approximate surface area is 212 Å². The van der Waals surface area contributed by atoms with Gasteiger partial charge in [0.1, 0.15) is 5.82 Å². The number of nitrogens with one attached hydrogen (secondary N) is 2. The number of nitrogens with two attached hydrogens (primary N) is 1. The number of halogens is 1. The predicted molar refractivity (Wildman–Crippen MR) is 140 cm³/mol. The molecule has 9 nitrogen and oxygen atoms in total. The molecule has 0 saturated carbocycles. The van der Waals surface area contributed by atoms with Crippen LogP contribution in [0, 0.1) is 11.2 Å². The number of anilines is 2. The van der Waals surface area contributed by atoms with Crippen LogP contribution in [0.5, 0.6) is 0 Å². The number of ether oxygens (including phenoxy) is 2. The maximum absolute atomic E-state index is 14.7. The van der Waals surface area contributed by atoms with E-state index in [4.69, 9.17) is 20.6 Å². The summed E-state index contributed by atoms with van der Waals surface area (Å²) >= 11 is 0. The Morgan fingerprint density at radius 2 is 1.81 bits per heavy atom. The molecule has 0 unspecified atom stereocenters. The Kier molecular flexibility index (Phi) is 6.91. The number of amidine groups is 1. The molecule has 0 aromatic heterocycles. The van der Waals surface area contributed by atoms with Gasteiger partial charge in [0.2, 0.25) is 12.1 Å². The first-order valence-corrected chi connectivity index (χ1v) is 11.8. The minimum Gasteiger partial charge on any atom is -0.407 e. The van der Waals surface area contributed by atoms with Crippen molar-refractivity contribution in [3.63, 3.8) is 0 Å². The van der Waals surface area contributed by atoms with Crippen LogP contribution in [-0.4, -0.2) is 56.0 Å². The van der Waals surface area contributed by atoms with Crippen LogP contribution in [0.3, 0.4) is 0 Å². The molecule has 2 heterocycles. The number of fused-ring (bicyclic) bond motifs is 1. The van der Waals surface area contributed by atoms with Gasteiger partial charge in [0.25, 0.3) is 11.9 Å². The largest absolute Gasteiger partial charge is 0.407 e. The van der Waals surface area contributed by atoms with E-state index in [-0.39, 0.29) is 11.6 Å². The van der Waals surface area contributed by atoms with E-state index in [0.717, 1.165) is 5.69 Å². The van der Waals surface area contributed by atoms with Crippen LogP contribution < -0.4 is 16.0 Å². The van der Waals surface area contributed by atoms with Crippen LogP contribution in [0.2, 0.25) is 0 Å². The van der Waals surface area contributed by atoms with Crippen molar-refractivity contribution in [2.75, 3.05) is 36.5 Å². The number of benzodiazepines with no additional fused rings is 1. The summed E-state index contributed by atoms with van der Waals surface area (Å²) in [4.78, 5) is 23.8. The van der Waals surface area contributed by atoms with E-state index in [1.807, 2.05) is 42.5 Å². The molecule has 1 saturated heterocycles. The van der Waals surface area contributed by atoms with E-state index in [9.17, 15) is 9.18 Å². The quantitative estimate of drug-likeness (QED) is 0.375. The van der Waals surface area contributed by atoms with Gasteiger partial charge in [-0.2, -0.15) is 4.99 Å². The molecule has 3 aromatic carbocycles. The van der Waals surface area contributed by atoms with Crippen molar-refractivity contribution in [2.45, 2.75) is 6.17 Å². The van der Waals surface area contributed by atoms with Crippen molar-refractivity contribution < 1.29 is 18.7 Å². The molecule has 3 aromatic rings. The molecule has 37 heavy (non-hydrogen) atoms. The van der Waals surface area contributed by atoms with Gasteiger partial charge in [-0.25, -0.2) is 9.38 Å². The zero-order valence-corrected chi connectivity index (χ0v) is 19.9. The van der Waals surface area contributed by atoms with Crippen molar-refractivity contribution in [1.82, 2.24) is 0 Å². The van der Waals surface area contributed by atoms with E-state index in [1.165, 1.54) is 6.07 Å². The average molecular weight is 501 g/mol. The van der Waals surface area contributed by atoms with Gasteiger partial charge in [-0.3, -0.25) is 10.2 Å². The van der Waals surface area contributed by atoms with E-state index >= 15 is 0 Å². The second kappa shape index (κ2) is 10.6. The fourth-order valence-electron chi connectivity index (χ4n) is 4.25. The van der Waals surface area contributed by atoms with Crippen LogP contribution in [-0.2, 0) is 14.3 Å². The van der Waals surface area contributed by atoms with Gasteiger partial charge in [0.05, 0.1) is 30.2 Å². The van der Waals surface area contributed by atoms with Gasteiger partial charge in [-0.1, -0.05) is 54.6 Å². The van der Waals surface area contributed by atoms with E-state index in [0.29, 0.717) is 48.7 Å². The second-order valence-electron chi connectivity index (χ2n) is 8.38. The number of nitrogens with zero attached hydrogens (tertiary/aromatic N) is 3. The molecule has 1 fully saturated rings. The highest BCUT2D eigenvalue weighted by Gasteiger charge is 2.28. The number of morpholine rings is 1. The Bertz CT molecular complexity index is 1390. The molecular formula is C27H25FN6O3. The van der Waals surface area contributed by atoms with Gasteiger partial charge < -0.3 is 25.4 Å². The molecule has 2 aliphatic rings. The SMILES string of the molecule is N=C(O/C(N)=N/[C@H]1N=C(c2ccccc2)c2cccc(F)c2NC1=O)c1ccccc1N1CCOCC1. The Balaban J connectivity index is 1.44. The van der Waals surface area contributed by atoms with E-state index in [2.05, 4.69) is 20.2 Å². The zero-order valence-electron chi connectivity index (χ0n) is 19.9. The van der Waals surface area contributed by atoms with Crippen LogP contribution in [0.4, 0.5) is 15.8 Å². The summed E-state index contributed by atoms with van der Waals surface area (Å²) in [6.45, 7) is 2.55. The lowest BCUT2D eigenvalue weighted by Crippen LogP contribution is -2.37. The first-order valence-electron chi connectivity index (χ1n) is 11.8. The molecule has 0 aliphatic carbocycles. The number of rotatable bonds is 4. The maximum atomic E-state index is 14.7. The number of amides is 1. The standard InChI is InChI=1S/C27H25FN6O3/c28-20-11-6-10-19-22(17-7-2-1-3-8-17)31-25(26(35)32-23(19)20)33-27(30)37-24(29)18-9-4-5-12-21(18)34-13-15-36-16-14-34/h1-12,25,29H,13-16H2,(H2,30,33)(H,32,35)/t25-/m1/s1. The first-order chi connectivity index (χ1) is 18.0. The van der Waals surface area contributed by atoms with Crippen molar-refractivity contribution in [3.8, 4) is 0 Å². The Hall–Kier alpha value is -4.57. The van der Waals surface area contributed by atoms with Crippen LogP contribution in [0.1, 0.15) is 16.7 Å².